The largest absolute Gasteiger partial charge is 0.478 e. The van der Waals surface area contributed by atoms with Gasteiger partial charge in [-0.2, -0.15) is 13.2 Å². The minimum Gasteiger partial charge on any atom is -0.478 e. The van der Waals surface area contributed by atoms with Crippen LogP contribution in [0.4, 0.5) is 19.0 Å². The van der Waals surface area contributed by atoms with Crippen LogP contribution in [0.25, 0.3) is 11.3 Å². The smallest absolute Gasteiger partial charge is 0.417 e. The number of halogens is 3. The molecular weight excluding hydrogens is 407 g/mol. The van der Waals surface area contributed by atoms with Crippen molar-refractivity contribution in [3.05, 3.63) is 77.6 Å². The van der Waals surface area contributed by atoms with Gasteiger partial charge in [-0.15, -0.1) is 0 Å². The SMILES string of the molecule is CC(C)CC(Nc1ccc(C(=O)O)cn1)c1ccc(-c2ccc(C(F)(F)F)cn2)cc1. The second-order valence-electron chi connectivity index (χ2n) is 7.62. The highest BCUT2D eigenvalue weighted by molar-refractivity contribution is 5.87. The van der Waals surface area contributed by atoms with E-state index in [1.165, 1.54) is 18.3 Å². The number of aromatic carboxylic acids is 1. The molecule has 0 aliphatic heterocycles. The van der Waals surface area contributed by atoms with Gasteiger partial charge in [-0.1, -0.05) is 38.1 Å². The van der Waals surface area contributed by atoms with E-state index in [9.17, 15) is 18.0 Å². The zero-order valence-corrected chi connectivity index (χ0v) is 17.0. The lowest BCUT2D eigenvalue weighted by molar-refractivity contribution is -0.137. The molecule has 3 rings (SSSR count). The van der Waals surface area contributed by atoms with Crippen molar-refractivity contribution in [1.29, 1.82) is 0 Å². The molecule has 8 heteroatoms. The number of benzene rings is 1. The Labute approximate surface area is 178 Å². The molecule has 0 saturated heterocycles. The molecule has 2 N–H and O–H groups in total. The van der Waals surface area contributed by atoms with Crippen LogP contribution in [-0.2, 0) is 6.18 Å². The maximum Gasteiger partial charge on any atom is 0.417 e. The van der Waals surface area contributed by atoms with Crippen molar-refractivity contribution >= 4 is 11.8 Å². The second-order valence-corrected chi connectivity index (χ2v) is 7.62. The van der Waals surface area contributed by atoms with Gasteiger partial charge in [-0.3, -0.25) is 4.98 Å². The Kier molecular flexibility index (Phi) is 6.58. The van der Waals surface area contributed by atoms with Crippen molar-refractivity contribution in [2.45, 2.75) is 32.5 Å². The van der Waals surface area contributed by atoms with Gasteiger partial charge in [0.2, 0.25) is 0 Å². The van der Waals surface area contributed by atoms with Crippen LogP contribution >= 0.6 is 0 Å². The lowest BCUT2D eigenvalue weighted by Gasteiger charge is -2.22. The van der Waals surface area contributed by atoms with E-state index in [1.807, 2.05) is 24.3 Å². The van der Waals surface area contributed by atoms with Crippen molar-refractivity contribution in [3.63, 3.8) is 0 Å². The molecule has 1 aromatic carbocycles. The number of aromatic nitrogens is 2. The maximum atomic E-state index is 12.7. The Morgan fingerprint density at radius 2 is 1.71 bits per heavy atom. The predicted molar refractivity (Wildman–Crippen MR) is 112 cm³/mol. The van der Waals surface area contributed by atoms with E-state index < -0.39 is 17.7 Å². The Morgan fingerprint density at radius 1 is 1.00 bits per heavy atom. The standard InChI is InChI=1S/C23H22F3N3O2/c1-14(2)11-20(29-21-10-7-17(12-28-21)22(30)31)16-5-3-15(4-6-16)19-9-8-18(13-27-19)23(24,25)26/h3-10,12-14,20H,11H2,1-2H3,(H,28,29)(H,30,31). The van der Waals surface area contributed by atoms with E-state index in [0.717, 1.165) is 24.2 Å². The topological polar surface area (TPSA) is 75.1 Å². The number of hydrogen-bond donors (Lipinski definition) is 2. The van der Waals surface area contributed by atoms with Crippen molar-refractivity contribution in [3.8, 4) is 11.3 Å². The summed E-state index contributed by atoms with van der Waals surface area (Å²) >= 11 is 0. The van der Waals surface area contributed by atoms with Gasteiger partial charge < -0.3 is 10.4 Å². The highest BCUT2D eigenvalue weighted by atomic mass is 19.4. The van der Waals surface area contributed by atoms with Gasteiger partial charge in [0.05, 0.1) is 22.9 Å². The number of rotatable bonds is 7. The van der Waals surface area contributed by atoms with Crippen molar-refractivity contribution in [2.24, 2.45) is 5.92 Å². The third-order valence-electron chi connectivity index (χ3n) is 4.74. The fourth-order valence-electron chi connectivity index (χ4n) is 3.15. The number of carboxylic acids is 1. The minimum atomic E-state index is -4.41. The molecule has 0 aliphatic carbocycles. The molecule has 0 radical (unpaired) electrons. The molecule has 1 atom stereocenters. The fourth-order valence-corrected chi connectivity index (χ4v) is 3.15. The Balaban J connectivity index is 1.79. The molecule has 2 aromatic heterocycles. The highest BCUT2D eigenvalue weighted by Gasteiger charge is 2.30. The van der Waals surface area contributed by atoms with E-state index in [4.69, 9.17) is 5.11 Å². The molecule has 0 aliphatic rings. The second kappa shape index (κ2) is 9.16. The van der Waals surface area contributed by atoms with Crippen LogP contribution in [0.3, 0.4) is 0 Å². The third kappa shape index (κ3) is 5.81. The monoisotopic (exact) mass is 429 g/mol. The lowest BCUT2D eigenvalue weighted by atomic mass is 9.95. The molecule has 0 amide bonds. The summed E-state index contributed by atoms with van der Waals surface area (Å²) in [6, 6.07) is 12.9. The summed E-state index contributed by atoms with van der Waals surface area (Å²) in [6.07, 6.45) is -1.47. The first-order chi connectivity index (χ1) is 14.6. The average Bonchev–Trinajstić information content (AvgIpc) is 2.73. The summed E-state index contributed by atoms with van der Waals surface area (Å²) in [5.41, 5.74) is 1.48. The number of pyridine rings is 2. The number of carbonyl (C=O) groups is 1. The summed E-state index contributed by atoms with van der Waals surface area (Å²) in [6.45, 7) is 4.19. The first kappa shape index (κ1) is 22.3. The van der Waals surface area contributed by atoms with Crippen molar-refractivity contribution < 1.29 is 23.1 Å². The zero-order valence-electron chi connectivity index (χ0n) is 17.0. The summed E-state index contributed by atoms with van der Waals surface area (Å²) in [7, 11) is 0. The molecular formula is C23H22F3N3O2. The lowest BCUT2D eigenvalue weighted by Crippen LogP contribution is -2.14. The Hall–Kier alpha value is -3.42. The normalized spacial score (nSPS) is 12.6. The van der Waals surface area contributed by atoms with Gasteiger partial charge in [-0.05, 0) is 42.2 Å². The molecule has 0 spiro atoms. The molecule has 1 unspecified atom stereocenters. The summed E-state index contributed by atoms with van der Waals surface area (Å²) < 4.78 is 38.2. The van der Waals surface area contributed by atoms with E-state index in [-0.39, 0.29) is 11.6 Å². The first-order valence-corrected chi connectivity index (χ1v) is 9.73. The fraction of sp³-hybridized carbons (Fsp3) is 0.261. The zero-order chi connectivity index (χ0) is 22.6. The van der Waals surface area contributed by atoms with Crippen LogP contribution in [0.15, 0.2) is 60.9 Å². The molecule has 31 heavy (non-hydrogen) atoms. The van der Waals surface area contributed by atoms with Gasteiger partial charge in [0.15, 0.2) is 0 Å². The van der Waals surface area contributed by atoms with Crippen LogP contribution in [0, 0.1) is 5.92 Å². The van der Waals surface area contributed by atoms with Crippen LogP contribution in [0.2, 0.25) is 0 Å². The highest BCUT2D eigenvalue weighted by Crippen LogP contribution is 2.31. The first-order valence-electron chi connectivity index (χ1n) is 9.73. The molecule has 162 valence electrons. The molecule has 0 saturated carbocycles. The quantitative estimate of drug-likeness (QED) is 0.478. The molecule has 5 nitrogen and oxygen atoms in total. The molecule has 2 heterocycles. The van der Waals surface area contributed by atoms with E-state index in [2.05, 4.69) is 29.1 Å². The van der Waals surface area contributed by atoms with Gasteiger partial charge in [0.1, 0.15) is 5.82 Å². The summed E-state index contributed by atoms with van der Waals surface area (Å²) in [5, 5.41) is 12.3. The van der Waals surface area contributed by atoms with E-state index in [0.29, 0.717) is 23.0 Å². The number of carboxylic acid groups (broad SMARTS) is 1. The van der Waals surface area contributed by atoms with Gasteiger partial charge >= 0.3 is 12.1 Å². The van der Waals surface area contributed by atoms with Gasteiger partial charge in [0, 0.05) is 18.0 Å². The number of nitrogens with zero attached hydrogens (tertiary/aromatic N) is 2. The number of alkyl halides is 3. The Morgan fingerprint density at radius 3 is 2.19 bits per heavy atom. The minimum absolute atomic E-state index is 0.0715. The number of nitrogens with one attached hydrogen (secondary N) is 1. The average molecular weight is 429 g/mol. The van der Waals surface area contributed by atoms with Crippen molar-refractivity contribution in [2.75, 3.05) is 5.32 Å². The summed E-state index contributed by atoms with van der Waals surface area (Å²) in [4.78, 5) is 19.1. The van der Waals surface area contributed by atoms with Gasteiger partial charge in [-0.25, -0.2) is 9.78 Å². The number of anilines is 1. The summed E-state index contributed by atoms with van der Waals surface area (Å²) in [5.74, 6) is -0.0959. The third-order valence-corrected chi connectivity index (χ3v) is 4.74. The van der Waals surface area contributed by atoms with E-state index in [1.54, 1.807) is 6.07 Å². The maximum absolute atomic E-state index is 12.7. The Bertz CT molecular complexity index is 1020. The van der Waals surface area contributed by atoms with Crippen LogP contribution < -0.4 is 5.32 Å². The predicted octanol–water partition coefficient (Wildman–Crippen LogP) is 6.06. The molecule has 3 aromatic rings. The molecule has 0 fully saturated rings. The number of hydrogen-bond acceptors (Lipinski definition) is 4. The van der Waals surface area contributed by atoms with Crippen LogP contribution in [-0.4, -0.2) is 21.0 Å². The van der Waals surface area contributed by atoms with Crippen molar-refractivity contribution in [1.82, 2.24) is 9.97 Å². The van der Waals surface area contributed by atoms with Gasteiger partial charge in [0.25, 0.3) is 0 Å². The van der Waals surface area contributed by atoms with E-state index >= 15 is 0 Å². The van der Waals surface area contributed by atoms with Crippen LogP contribution in [0.5, 0.6) is 0 Å². The van der Waals surface area contributed by atoms with Crippen LogP contribution in [0.1, 0.15) is 47.8 Å². The molecule has 0 bridgehead atoms.